The summed E-state index contributed by atoms with van der Waals surface area (Å²) in [6.45, 7) is 1.05. The molecule has 0 aliphatic carbocycles. The van der Waals surface area contributed by atoms with Gasteiger partial charge >= 0.3 is 0 Å². The average molecular weight is 355 g/mol. The van der Waals surface area contributed by atoms with Crippen LogP contribution in [0, 0.1) is 5.82 Å². The lowest BCUT2D eigenvalue weighted by Crippen LogP contribution is -2.14. The Bertz CT molecular complexity index is 881. The Morgan fingerprint density at radius 3 is 2.81 bits per heavy atom. The van der Waals surface area contributed by atoms with E-state index >= 15 is 0 Å². The topological polar surface area (TPSA) is 65.4 Å². The number of halogens is 1. The van der Waals surface area contributed by atoms with E-state index in [1.165, 1.54) is 19.2 Å². The zero-order valence-electron chi connectivity index (χ0n) is 14.2. The van der Waals surface area contributed by atoms with Crippen molar-refractivity contribution in [2.24, 2.45) is 0 Å². The Morgan fingerprint density at radius 1 is 1.23 bits per heavy atom. The number of benzene rings is 2. The Balaban J connectivity index is 1.67. The molecule has 0 fully saturated rings. The second kappa shape index (κ2) is 8.15. The van der Waals surface area contributed by atoms with Crippen LogP contribution in [0.5, 0.6) is 11.5 Å². The molecular formula is C19H18FN3O3. The molecular weight excluding hydrogens is 337 g/mol. The monoisotopic (exact) mass is 355 g/mol. The summed E-state index contributed by atoms with van der Waals surface area (Å²) in [5.74, 6) is -0.401. The highest BCUT2D eigenvalue weighted by Gasteiger charge is 2.12. The summed E-state index contributed by atoms with van der Waals surface area (Å²) < 4.78 is 26.3. The van der Waals surface area contributed by atoms with Crippen molar-refractivity contribution in [1.29, 1.82) is 0 Å². The lowest BCUT2D eigenvalue weighted by Gasteiger charge is -2.13. The number of amides is 1. The Morgan fingerprint density at radius 2 is 2.08 bits per heavy atom. The maximum absolute atomic E-state index is 13.8. The first-order valence-electron chi connectivity index (χ1n) is 8.00. The molecule has 1 N–H and O–H groups in total. The zero-order valence-corrected chi connectivity index (χ0v) is 14.2. The van der Waals surface area contributed by atoms with Crippen LogP contribution in [0.4, 0.5) is 10.1 Å². The molecule has 6 nitrogen and oxygen atoms in total. The van der Waals surface area contributed by atoms with Gasteiger partial charge in [0, 0.05) is 18.0 Å². The van der Waals surface area contributed by atoms with Crippen LogP contribution in [0.1, 0.15) is 10.4 Å². The lowest BCUT2D eigenvalue weighted by atomic mass is 10.2. The van der Waals surface area contributed by atoms with Crippen LogP contribution in [-0.2, 0) is 6.54 Å². The molecule has 0 bridgehead atoms. The predicted octanol–water partition coefficient (Wildman–Crippen LogP) is 3.36. The molecule has 0 saturated heterocycles. The van der Waals surface area contributed by atoms with Gasteiger partial charge in [0.2, 0.25) is 0 Å². The van der Waals surface area contributed by atoms with Gasteiger partial charge in [0.1, 0.15) is 12.4 Å². The van der Waals surface area contributed by atoms with Crippen molar-refractivity contribution in [1.82, 2.24) is 9.55 Å². The zero-order chi connectivity index (χ0) is 18.4. The fraction of sp³-hybridized carbons (Fsp3) is 0.158. The molecule has 0 aliphatic rings. The minimum atomic E-state index is -0.593. The molecule has 0 atom stereocenters. The quantitative estimate of drug-likeness (QED) is 0.706. The number of para-hydroxylation sites is 2. The van der Waals surface area contributed by atoms with Crippen molar-refractivity contribution in [2.45, 2.75) is 6.54 Å². The number of carbonyl (C=O) groups excluding carboxylic acids is 1. The van der Waals surface area contributed by atoms with E-state index in [-0.39, 0.29) is 11.3 Å². The number of nitrogens with zero attached hydrogens (tertiary/aromatic N) is 2. The van der Waals surface area contributed by atoms with Gasteiger partial charge < -0.3 is 19.4 Å². The van der Waals surface area contributed by atoms with Crippen molar-refractivity contribution in [3.63, 3.8) is 0 Å². The lowest BCUT2D eigenvalue weighted by molar-refractivity contribution is 0.102. The second-order valence-corrected chi connectivity index (χ2v) is 5.45. The number of rotatable bonds is 7. The minimum Gasteiger partial charge on any atom is -0.494 e. The molecule has 3 aromatic rings. The highest BCUT2D eigenvalue weighted by Crippen LogP contribution is 2.25. The standard InChI is InChI=1S/C19H18FN3O3/c1-25-17-7-6-14(12-15(17)20)19(24)22-16-4-2-3-5-18(16)26-11-10-23-9-8-21-13-23/h2-9,12-13H,10-11H2,1H3,(H,22,24). The summed E-state index contributed by atoms with van der Waals surface area (Å²) in [4.78, 5) is 16.4. The molecule has 0 aliphatic heterocycles. The van der Waals surface area contributed by atoms with Crippen molar-refractivity contribution in [3.8, 4) is 11.5 Å². The van der Waals surface area contributed by atoms with Gasteiger partial charge in [0.25, 0.3) is 5.91 Å². The van der Waals surface area contributed by atoms with E-state index in [9.17, 15) is 9.18 Å². The number of anilines is 1. The number of methoxy groups -OCH3 is 1. The van der Waals surface area contributed by atoms with Crippen LogP contribution < -0.4 is 14.8 Å². The van der Waals surface area contributed by atoms with Gasteiger partial charge in [0.15, 0.2) is 11.6 Å². The number of ether oxygens (including phenoxy) is 2. The van der Waals surface area contributed by atoms with E-state index in [1.807, 2.05) is 16.8 Å². The Hall–Kier alpha value is -3.35. The van der Waals surface area contributed by atoms with Crippen molar-refractivity contribution in [2.75, 3.05) is 19.0 Å². The van der Waals surface area contributed by atoms with Crippen LogP contribution in [-0.4, -0.2) is 29.2 Å². The van der Waals surface area contributed by atoms with E-state index in [1.54, 1.807) is 30.7 Å². The maximum atomic E-state index is 13.8. The van der Waals surface area contributed by atoms with Crippen LogP contribution in [0.25, 0.3) is 0 Å². The van der Waals surface area contributed by atoms with Gasteiger partial charge in [-0.3, -0.25) is 4.79 Å². The summed E-state index contributed by atoms with van der Waals surface area (Å²) in [5.41, 5.74) is 0.705. The number of imidazole rings is 1. The molecule has 1 aromatic heterocycles. The third-order valence-electron chi connectivity index (χ3n) is 3.72. The highest BCUT2D eigenvalue weighted by molar-refractivity contribution is 6.05. The van der Waals surface area contributed by atoms with Crippen LogP contribution in [0.15, 0.2) is 61.2 Å². The van der Waals surface area contributed by atoms with E-state index in [4.69, 9.17) is 9.47 Å². The largest absolute Gasteiger partial charge is 0.494 e. The van der Waals surface area contributed by atoms with Gasteiger partial charge in [-0.2, -0.15) is 0 Å². The molecule has 0 spiro atoms. The Kier molecular flexibility index (Phi) is 5.48. The summed E-state index contributed by atoms with van der Waals surface area (Å²) in [6.07, 6.45) is 5.24. The van der Waals surface area contributed by atoms with Crippen molar-refractivity contribution >= 4 is 11.6 Å². The van der Waals surface area contributed by atoms with Gasteiger partial charge in [-0.15, -0.1) is 0 Å². The van der Waals surface area contributed by atoms with E-state index in [0.717, 1.165) is 6.07 Å². The first kappa shape index (κ1) is 17.5. The third kappa shape index (κ3) is 4.18. The molecule has 134 valence electrons. The molecule has 7 heteroatoms. The SMILES string of the molecule is COc1ccc(C(=O)Nc2ccccc2OCCn2ccnc2)cc1F. The first-order chi connectivity index (χ1) is 12.7. The fourth-order valence-electron chi connectivity index (χ4n) is 2.38. The molecule has 3 rings (SSSR count). The fourth-order valence-corrected chi connectivity index (χ4v) is 2.38. The van der Waals surface area contributed by atoms with Gasteiger partial charge in [0.05, 0.1) is 25.7 Å². The van der Waals surface area contributed by atoms with Crippen molar-refractivity contribution < 1.29 is 18.7 Å². The van der Waals surface area contributed by atoms with Gasteiger partial charge in [-0.05, 0) is 30.3 Å². The Labute approximate surface area is 150 Å². The van der Waals surface area contributed by atoms with Gasteiger partial charge in [-0.25, -0.2) is 9.37 Å². The third-order valence-corrected chi connectivity index (χ3v) is 3.72. The van der Waals surface area contributed by atoms with E-state index in [0.29, 0.717) is 24.6 Å². The summed E-state index contributed by atoms with van der Waals surface area (Å²) in [5, 5.41) is 2.74. The van der Waals surface area contributed by atoms with Crippen LogP contribution >= 0.6 is 0 Å². The van der Waals surface area contributed by atoms with Crippen LogP contribution in [0.3, 0.4) is 0 Å². The highest BCUT2D eigenvalue weighted by atomic mass is 19.1. The normalized spacial score (nSPS) is 10.4. The number of hydrogen-bond donors (Lipinski definition) is 1. The van der Waals surface area contributed by atoms with E-state index in [2.05, 4.69) is 10.3 Å². The first-order valence-corrected chi connectivity index (χ1v) is 8.00. The maximum Gasteiger partial charge on any atom is 0.255 e. The summed E-state index contributed by atoms with van der Waals surface area (Å²) >= 11 is 0. The number of hydrogen-bond acceptors (Lipinski definition) is 4. The summed E-state index contributed by atoms with van der Waals surface area (Å²) in [6, 6.07) is 11.1. The molecule has 0 unspecified atom stereocenters. The second-order valence-electron chi connectivity index (χ2n) is 5.45. The average Bonchev–Trinajstić information content (AvgIpc) is 3.16. The molecule has 0 saturated carbocycles. The smallest absolute Gasteiger partial charge is 0.255 e. The molecule has 26 heavy (non-hydrogen) atoms. The van der Waals surface area contributed by atoms with Gasteiger partial charge in [-0.1, -0.05) is 12.1 Å². The molecule has 1 amide bonds. The minimum absolute atomic E-state index is 0.0878. The number of nitrogens with one attached hydrogen (secondary N) is 1. The molecule has 0 radical (unpaired) electrons. The number of carbonyl (C=O) groups is 1. The summed E-state index contributed by atoms with van der Waals surface area (Å²) in [7, 11) is 1.37. The van der Waals surface area contributed by atoms with Crippen molar-refractivity contribution in [3.05, 3.63) is 72.6 Å². The predicted molar refractivity (Wildman–Crippen MR) is 95.1 cm³/mol. The molecule has 2 aromatic carbocycles. The molecule has 1 heterocycles. The van der Waals surface area contributed by atoms with Crippen LogP contribution in [0.2, 0.25) is 0 Å². The van der Waals surface area contributed by atoms with E-state index < -0.39 is 11.7 Å². The number of aromatic nitrogens is 2.